The van der Waals surface area contributed by atoms with E-state index < -0.39 is 0 Å². The van der Waals surface area contributed by atoms with Crippen molar-refractivity contribution in [1.82, 2.24) is 9.88 Å². The van der Waals surface area contributed by atoms with Crippen molar-refractivity contribution < 1.29 is 9.53 Å². The summed E-state index contributed by atoms with van der Waals surface area (Å²) in [5.41, 5.74) is 0.413. The van der Waals surface area contributed by atoms with Gasteiger partial charge in [0.05, 0.1) is 6.61 Å². The summed E-state index contributed by atoms with van der Waals surface area (Å²) in [6, 6.07) is 0.476. The van der Waals surface area contributed by atoms with E-state index in [1.54, 1.807) is 12.3 Å². The molecule has 6 heteroatoms. The van der Waals surface area contributed by atoms with Gasteiger partial charge in [-0.15, -0.1) is 11.3 Å². The lowest BCUT2D eigenvalue weighted by Crippen LogP contribution is -2.53. The minimum atomic E-state index is -0.333. The van der Waals surface area contributed by atoms with Gasteiger partial charge in [-0.25, -0.2) is 9.78 Å². The van der Waals surface area contributed by atoms with E-state index in [4.69, 9.17) is 4.74 Å². The first-order valence-corrected chi connectivity index (χ1v) is 7.75. The number of piperidine rings is 3. The van der Waals surface area contributed by atoms with E-state index >= 15 is 0 Å². The number of nitrogens with zero attached hydrogens (tertiary/aromatic N) is 2. The van der Waals surface area contributed by atoms with Gasteiger partial charge in [0.15, 0.2) is 10.8 Å². The number of anilines is 1. The minimum absolute atomic E-state index is 0.333. The fourth-order valence-corrected chi connectivity index (χ4v) is 3.67. The number of carbonyl (C=O) groups is 1. The van der Waals surface area contributed by atoms with E-state index in [9.17, 15) is 4.79 Å². The molecule has 3 saturated heterocycles. The van der Waals surface area contributed by atoms with Crippen molar-refractivity contribution in [2.75, 3.05) is 31.6 Å². The van der Waals surface area contributed by atoms with Crippen LogP contribution in [0.1, 0.15) is 30.3 Å². The molecule has 0 spiro atoms. The van der Waals surface area contributed by atoms with Crippen molar-refractivity contribution in [3.63, 3.8) is 0 Å². The van der Waals surface area contributed by atoms with Crippen LogP contribution in [0, 0.1) is 5.92 Å². The molecule has 4 heterocycles. The number of carbonyl (C=O) groups excluding carboxylic acids is 1. The molecule has 0 aromatic carbocycles. The number of hydrogen-bond acceptors (Lipinski definition) is 6. The van der Waals surface area contributed by atoms with E-state index in [1.165, 1.54) is 37.3 Å². The maximum absolute atomic E-state index is 11.6. The second kappa shape index (κ2) is 5.46. The van der Waals surface area contributed by atoms with Crippen LogP contribution in [0.3, 0.4) is 0 Å². The molecule has 2 bridgehead atoms. The molecule has 3 aliphatic rings. The van der Waals surface area contributed by atoms with Crippen molar-refractivity contribution in [3.8, 4) is 0 Å². The molecule has 104 valence electrons. The van der Waals surface area contributed by atoms with Crippen molar-refractivity contribution in [2.24, 2.45) is 5.92 Å². The van der Waals surface area contributed by atoms with E-state index in [0.717, 1.165) is 17.6 Å². The molecule has 0 amide bonds. The van der Waals surface area contributed by atoms with Crippen LogP contribution in [0.4, 0.5) is 5.13 Å². The maximum Gasteiger partial charge on any atom is 0.357 e. The van der Waals surface area contributed by atoms with Crippen molar-refractivity contribution >= 4 is 22.4 Å². The molecule has 1 N–H and O–H groups in total. The predicted octanol–water partition coefficient (Wildman–Crippen LogP) is 1.83. The van der Waals surface area contributed by atoms with Crippen LogP contribution in [0.15, 0.2) is 5.38 Å². The summed E-state index contributed by atoms with van der Waals surface area (Å²) >= 11 is 1.48. The molecule has 1 atom stereocenters. The topological polar surface area (TPSA) is 54.5 Å². The van der Waals surface area contributed by atoms with Gasteiger partial charge < -0.3 is 15.0 Å². The zero-order valence-corrected chi connectivity index (χ0v) is 11.9. The number of ether oxygens (including phenoxy) is 1. The Labute approximate surface area is 117 Å². The lowest BCUT2D eigenvalue weighted by Gasteiger charge is -2.44. The van der Waals surface area contributed by atoms with Crippen molar-refractivity contribution in [1.29, 1.82) is 0 Å². The number of rotatable bonds is 4. The fraction of sp³-hybridized carbons (Fsp3) is 0.692. The summed E-state index contributed by atoms with van der Waals surface area (Å²) in [6.07, 6.45) is 2.54. The molecule has 0 radical (unpaired) electrons. The molecule has 1 unspecified atom stereocenters. The first-order chi connectivity index (χ1) is 9.26. The van der Waals surface area contributed by atoms with Gasteiger partial charge in [0.25, 0.3) is 0 Å². The Morgan fingerprint density at radius 3 is 3.00 bits per heavy atom. The van der Waals surface area contributed by atoms with Crippen LogP contribution in [-0.4, -0.2) is 48.1 Å². The van der Waals surface area contributed by atoms with Crippen LogP contribution in [0.5, 0.6) is 0 Å². The van der Waals surface area contributed by atoms with Crippen LogP contribution >= 0.6 is 11.3 Å². The highest BCUT2D eigenvalue weighted by atomic mass is 32.1. The standard InChI is InChI=1S/C13H19N3O2S/c1-2-18-12(17)11-8-19-13(15-11)14-10-7-16-5-3-9(10)4-6-16/h8-10H,2-7H2,1H3,(H,14,15). The molecule has 0 saturated carbocycles. The monoisotopic (exact) mass is 281 g/mol. The summed E-state index contributed by atoms with van der Waals surface area (Å²) in [4.78, 5) is 18.4. The number of aromatic nitrogens is 1. The van der Waals surface area contributed by atoms with E-state index in [-0.39, 0.29) is 5.97 Å². The zero-order valence-electron chi connectivity index (χ0n) is 11.1. The Kier molecular flexibility index (Phi) is 3.70. The van der Waals surface area contributed by atoms with Gasteiger partial charge in [-0.1, -0.05) is 0 Å². The van der Waals surface area contributed by atoms with Crippen LogP contribution < -0.4 is 5.32 Å². The lowest BCUT2D eigenvalue weighted by atomic mass is 9.84. The highest BCUT2D eigenvalue weighted by molar-refractivity contribution is 7.13. The predicted molar refractivity (Wildman–Crippen MR) is 74.6 cm³/mol. The molecule has 3 fully saturated rings. The quantitative estimate of drug-likeness (QED) is 0.853. The van der Waals surface area contributed by atoms with Crippen LogP contribution in [-0.2, 0) is 4.74 Å². The van der Waals surface area contributed by atoms with Crippen LogP contribution in [0.25, 0.3) is 0 Å². The second-order valence-electron chi connectivity index (χ2n) is 5.15. The largest absolute Gasteiger partial charge is 0.461 e. The Hall–Kier alpha value is -1.14. The summed E-state index contributed by atoms with van der Waals surface area (Å²) in [7, 11) is 0. The number of hydrogen-bond donors (Lipinski definition) is 1. The van der Waals surface area contributed by atoms with Gasteiger partial charge in [-0.3, -0.25) is 0 Å². The summed E-state index contributed by atoms with van der Waals surface area (Å²) < 4.78 is 4.95. The normalized spacial score (nSPS) is 29.2. The Morgan fingerprint density at radius 2 is 2.37 bits per heavy atom. The van der Waals surface area contributed by atoms with Gasteiger partial charge in [0.2, 0.25) is 0 Å². The molecular weight excluding hydrogens is 262 g/mol. The fourth-order valence-electron chi connectivity index (χ4n) is 2.93. The van der Waals surface area contributed by atoms with Gasteiger partial charge in [-0.05, 0) is 38.8 Å². The second-order valence-corrected chi connectivity index (χ2v) is 6.01. The average Bonchev–Trinajstić information content (AvgIpc) is 2.89. The van der Waals surface area contributed by atoms with Crippen molar-refractivity contribution in [2.45, 2.75) is 25.8 Å². The van der Waals surface area contributed by atoms with Gasteiger partial charge in [0, 0.05) is 18.0 Å². The number of esters is 1. The molecule has 1 aromatic heterocycles. The van der Waals surface area contributed by atoms with Crippen LogP contribution in [0.2, 0.25) is 0 Å². The van der Waals surface area contributed by atoms with E-state index in [1.807, 2.05) is 0 Å². The molecule has 5 nitrogen and oxygen atoms in total. The maximum atomic E-state index is 11.6. The number of thiazole rings is 1. The third-order valence-electron chi connectivity index (χ3n) is 3.95. The third-order valence-corrected chi connectivity index (χ3v) is 4.73. The highest BCUT2D eigenvalue weighted by Crippen LogP contribution is 2.30. The zero-order chi connectivity index (χ0) is 13.2. The van der Waals surface area contributed by atoms with Gasteiger partial charge in [0.1, 0.15) is 0 Å². The number of fused-ring (bicyclic) bond motifs is 3. The minimum Gasteiger partial charge on any atom is -0.461 e. The van der Waals surface area contributed by atoms with Crippen molar-refractivity contribution in [3.05, 3.63) is 11.1 Å². The van der Waals surface area contributed by atoms with E-state index in [0.29, 0.717) is 18.3 Å². The van der Waals surface area contributed by atoms with Gasteiger partial charge >= 0.3 is 5.97 Å². The molecular formula is C13H19N3O2S. The molecule has 3 aliphatic heterocycles. The lowest BCUT2D eigenvalue weighted by molar-refractivity contribution is 0.0520. The Morgan fingerprint density at radius 1 is 1.58 bits per heavy atom. The average molecular weight is 281 g/mol. The summed E-state index contributed by atoms with van der Waals surface area (Å²) in [5, 5.41) is 6.09. The molecule has 1 aromatic rings. The Bertz CT molecular complexity index is 454. The Balaban J connectivity index is 1.62. The first kappa shape index (κ1) is 12.9. The molecule has 0 aliphatic carbocycles. The third kappa shape index (κ3) is 2.74. The first-order valence-electron chi connectivity index (χ1n) is 6.88. The summed E-state index contributed by atoms with van der Waals surface area (Å²) in [6.45, 7) is 5.75. The number of nitrogens with one attached hydrogen (secondary N) is 1. The van der Waals surface area contributed by atoms with Gasteiger partial charge in [-0.2, -0.15) is 0 Å². The molecule has 4 rings (SSSR count). The highest BCUT2D eigenvalue weighted by Gasteiger charge is 2.34. The summed E-state index contributed by atoms with van der Waals surface area (Å²) in [5.74, 6) is 0.417. The molecule has 19 heavy (non-hydrogen) atoms. The smallest absolute Gasteiger partial charge is 0.357 e. The van der Waals surface area contributed by atoms with E-state index in [2.05, 4.69) is 15.2 Å². The SMILES string of the molecule is CCOC(=O)c1csc(NC2CN3CCC2CC3)n1.